The predicted octanol–water partition coefficient (Wildman–Crippen LogP) is 7.39. The molecular weight excluding hydrogens is 420 g/mol. The summed E-state index contributed by atoms with van der Waals surface area (Å²) in [7, 11) is 1.59. The van der Waals surface area contributed by atoms with Gasteiger partial charge in [-0.25, -0.2) is 0 Å². The van der Waals surface area contributed by atoms with Crippen molar-refractivity contribution in [2.75, 3.05) is 7.11 Å². The van der Waals surface area contributed by atoms with Gasteiger partial charge in [-0.3, -0.25) is 9.59 Å². The van der Waals surface area contributed by atoms with E-state index in [0.29, 0.717) is 35.4 Å². The Hall–Kier alpha value is -1.12. The molecule has 0 aromatic carbocycles. The summed E-state index contributed by atoms with van der Waals surface area (Å²) in [4.78, 5) is 26.3. The van der Waals surface area contributed by atoms with E-state index in [0.717, 1.165) is 38.5 Å². The minimum absolute atomic E-state index is 0.0405. The minimum Gasteiger partial charge on any atom is -0.469 e. The minimum atomic E-state index is -0.313. The Balaban J connectivity index is 1.57. The topological polar surface area (TPSA) is 43.4 Å². The van der Waals surface area contributed by atoms with Crippen LogP contribution < -0.4 is 0 Å². The van der Waals surface area contributed by atoms with E-state index in [9.17, 15) is 9.59 Å². The maximum absolute atomic E-state index is 13.3. The molecule has 5 saturated carbocycles. The van der Waals surface area contributed by atoms with E-state index in [1.165, 1.54) is 31.3 Å². The van der Waals surface area contributed by atoms with E-state index >= 15 is 0 Å². The van der Waals surface area contributed by atoms with Gasteiger partial charge in [0.05, 0.1) is 12.5 Å². The highest BCUT2D eigenvalue weighted by Crippen LogP contribution is 2.77. The molecule has 3 heteroatoms. The Kier molecular flexibility index (Phi) is 5.38. The van der Waals surface area contributed by atoms with Crippen LogP contribution in [-0.4, -0.2) is 18.9 Å². The number of ether oxygens (including phenoxy) is 1. The maximum Gasteiger partial charge on any atom is 0.312 e. The first-order valence-electron chi connectivity index (χ1n) is 14.1. The Labute approximate surface area is 207 Å². The highest BCUT2D eigenvalue weighted by Gasteiger charge is 2.72. The molecule has 5 aliphatic rings. The van der Waals surface area contributed by atoms with E-state index in [1.807, 2.05) is 0 Å². The summed E-state index contributed by atoms with van der Waals surface area (Å²) in [5, 5.41) is 0. The summed E-state index contributed by atoms with van der Waals surface area (Å²) in [6, 6.07) is 0. The summed E-state index contributed by atoms with van der Waals surface area (Å²) < 4.78 is 5.49. The summed E-state index contributed by atoms with van der Waals surface area (Å²) in [6.07, 6.45) is 10.8. The van der Waals surface area contributed by atoms with Gasteiger partial charge in [0, 0.05) is 11.8 Å². The quantitative estimate of drug-likeness (QED) is 0.313. The molecule has 0 aromatic rings. The zero-order valence-corrected chi connectivity index (χ0v) is 22.9. The first kappa shape index (κ1) is 24.6. The largest absolute Gasteiger partial charge is 0.469 e. The fourth-order valence-corrected chi connectivity index (χ4v) is 11.5. The normalized spacial score (nSPS) is 51.5. The predicted molar refractivity (Wildman–Crippen MR) is 136 cm³/mol. The summed E-state index contributed by atoms with van der Waals surface area (Å²) in [6.45, 7) is 18.8. The lowest BCUT2D eigenvalue weighted by atomic mass is 9.32. The van der Waals surface area contributed by atoms with Crippen LogP contribution in [0.4, 0.5) is 0 Å². The number of ketones is 1. The van der Waals surface area contributed by atoms with Gasteiger partial charge in [-0.2, -0.15) is 0 Å². The summed E-state index contributed by atoms with van der Waals surface area (Å²) >= 11 is 0. The Morgan fingerprint density at radius 2 is 1.59 bits per heavy atom. The average molecular weight is 469 g/mol. The molecule has 0 radical (unpaired) electrons. The van der Waals surface area contributed by atoms with Crippen LogP contribution >= 0.6 is 0 Å². The molecule has 9 atom stereocenters. The van der Waals surface area contributed by atoms with Crippen molar-refractivity contribution in [3.63, 3.8) is 0 Å². The van der Waals surface area contributed by atoms with Crippen molar-refractivity contribution in [3.05, 3.63) is 12.2 Å². The van der Waals surface area contributed by atoms with E-state index < -0.39 is 0 Å². The number of fused-ring (bicyclic) bond motifs is 7. The van der Waals surface area contributed by atoms with Crippen LogP contribution in [0.25, 0.3) is 0 Å². The van der Waals surface area contributed by atoms with Gasteiger partial charge in [0.2, 0.25) is 0 Å². The SMILES string of the molecule is C=C(C)[C@H]1CC[C@]2(C(=O)OC)CC[C@]3(C)[C@H](CC[C@H]4[C@@]5(C)CCC(=O)C(C)(C)[C@H]5CC[C@@]43C)[C@@H]12. The van der Waals surface area contributed by atoms with Crippen LogP contribution in [-0.2, 0) is 14.3 Å². The second-order valence-electron chi connectivity index (χ2n) is 14.5. The molecule has 0 heterocycles. The molecule has 0 spiro atoms. The lowest BCUT2D eigenvalue weighted by Crippen LogP contribution is -2.66. The molecule has 0 bridgehead atoms. The highest BCUT2D eigenvalue weighted by atomic mass is 16.5. The number of rotatable bonds is 2. The van der Waals surface area contributed by atoms with E-state index in [4.69, 9.17) is 4.74 Å². The molecule has 5 fully saturated rings. The Morgan fingerprint density at radius 1 is 0.882 bits per heavy atom. The van der Waals surface area contributed by atoms with Crippen molar-refractivity contribution in [2.45, 2.75) is 106 Å². The van der Waals surface area contributed by atoms with Crippen LogP contribution in [0.5, 0.6) is 0 Å². The van der Waals surface area contributed by atoms with Gasteiger partial charge < -0.3 is 4.74 Å². The molecule has 5 aliphatic carbocycles. The van der Waals surface area contributed by atoms with Crippen LogP contribution in [0.3, 0.4) is 0 Å². The molecule has 0 saturated heterocycles. The third kappa shape index (κ3) is 2.76. The van der Waals surface area contributed by atoms with Crippen molar-refractivity contribution in [1.82, 2.24) is 0 Å². The number of Topliss-reactive ketones (excluding diaryl/α,β-unsaturated/α-hetero) is 1. The molecule has 0 aliphatic heterocycles. The Bertz CT molecular complexity index is 918. The third-order valence-electron chi connectivity index (χ3n) is 13.4. The lowest BCUT2D eigenvalue weighted by molar-refractivity contribution is -0.235. The number of hydrogen-bond donors (Lipinski definition) is 0. The Morgan fingerprint density at radius 3 is 2.24 bits per heavy atom. The molecule has 0 unspecified atom stereocenters. The summed E-state index contributed by atoms with van der Waals surface area (Å²) in [5.74, 6) is 3.01. The fourth-order valence-electron chi connectivity index (χ4n) is 11.5. The molecule has 0 amide bonds. The zero-order valence-electron chi connectivity index (χ0n) is 22.9. The second-order valence-corrected chi connectivity index (χ2v) is 14.5. The van der Waals surface area contributed by atoms with Gasteiger partial charge in [0.1, 0.15) is 5.78 Å². The van der Waals surface area contributed by atoms with E-state index in [1.54, 1.807) is 7.11 Å². The first-order chi connectivity index (χ1) is 15.8. The lowest BCUT2D eigenvalue weighted by Gasteiger charge is -2.72. The molecule has 190 valence electrons. The van der Waals surface area contributed by atoms with Gasteiger partial charge >= 0.3 is 5.97 Å². The number of hydrogen-bond acceptors (Lipinski definition) is 3. The van der Waals surface area contributed by atoms with Gasteiger partial charge in [-0.1, -0.05) is 46.8 Å². The number of carbonyl (C=O) groups excluding carboxylic acids is 2. The van der Waals surface area contributed by atoms with Crippen molar-refractivity contribution in [1.29, 1.82) is 0 Å². The van der Waals surface area contributed by atoms with Crippen molar-refractivity contribution in [3.8, 4) is 0 Å². The van der Waals surface area contributed by atoms with Crippen LogP contribution in [0.15, 0.2) is 12.2 Å². The second kappa shape index (κ2) is 7.45. The monoisotopic (exact) mass is 468 g/mol. The zero-order chi connectivity index (χ0) is 24.9. The first-order valence-corrected chi connectivity index (χ1v) is 14.1. The number of allylic oxidation sites excluding steroid dienone is 1. The molecule has 0 aromatic heterocycles. The fraction of sp³-hybridized carbons (Fsp3) is 0.871. The smallest absolute Gasteiger partial charge is 0.312 e. The van der Waals surface area contributed by atoms with Crippen molar-refractivity contribution >= 4 is 11.8 Å². The molecule has 3 nitrogen and oxygen atoms in total. The van der Waals surface area contributed by atoms with Crippen LogP contribution in [0, 0.1) is 56.7 Å². The van der Waals surface area contributed by atoms with Gasteiger partial charge in [-0.05, 0) is 111 Å². The van der Waals surface area contributed by atoms with Crippen LogP contribution in [0.2, 0.25) is 0 Å². The molecule has 0 N–H and O–H groups in total. The van der Waals surface area contributed by atoms with Gasteiger partial charge in [0.15, 0.2) is 0 Å². The van der Waals surface area contributed by atoms with E-state index in [-0.39, 0.29) is 33.0 Å². The van der Waals surface area contributed by atoms with Crippen LogP contribution in [0.1, 0.15) is 106 Å². The number of carbonyl (C=O) groups is 2. The molecule has 5 rings (SSSR count). The van der Waals surface area contributed by atoms with E-state index in [2.05, 4.69) is 48.1 Å². The number of esters is 1. The molecular formula is C31H48O3. The van der Waals surface area contributed by atoms with Crippen molar-refractivity contribution in [2.24, 2.45) is 56.7 Å². The number of methoxy groups -OCH3 is 1. The third-order valence-corrected chi connectivity index (χ3v) is 13.4. The van der Waals surface area contributed by atoms with Gasteiger partial charge in [0.25, 0.3) is 0 Å². The standard InChI is InChI=1S/C31H48O3/c1-19(2)20-11-16-31(26(33)34-8)18-17-29(6)21(25(20)31)9-10-23-28(5)14-13-24(32)27(3,4)22(28)12-15-30(23,29)7/h20-23,25H,1,9-18H2,2-8H3/t20-,21-,22-,23+,25-,28+,29-,30+,31+/m1/s1. The molecule has 34 heavy (non-hydrogen) atoms. The maximum atomic E-state index is 13.3. The van der Waals surface area contributed by atoms with Gasteiger partial charge in [-0.15, -0.1) is 0 Å². The summed E-state index contributed by atoms with van der Waals surface area (Å²) in [5.41, 5.74) is 1.45. The van der Waals surface area contributed by atoms with Crippen molar-refractivity contribution < 1.29 is 14.3 Å². The highest BCUT2D eigenvalue weighted by molar-refractivity contribution is 5.85. The average Bonchev–Trinajstić information content (AvgIpc) is 3.18.